The molecule has 0 aromatic rings. The summed E-state index contributed by atoms with van der Waals surface area (Å²) in [7, 11) is 0. The number of nitrogens with zero attached hydrogens (tertiary/aromatic N) is 1. The third-order valence-electron chi connectivity index (χ3n) is 4.93. The quantitative estimate of drug-likeness (QED) is 0.731. The maximum Gasteiger partial charge on any atom is 0.0545 e. The summed E-state index contributed by atoms with van der Waals surface area (Å²) in [4.78, 5) is 2.72. The van der Waals surface area contributed by atoms with Gasteiger partial charge >= 0.3 is 0 Å². The van der Waals surface area contributed by atoms with E-state index in [0.29, 0.717) is 11.5 Å². The van der Waals surface area contributed by atoms with Crippen molar-refractivity contribution >= 4 is 0 Å². The van der Waals surface area contributed by atoms with Crippen LogP contribution < -0.4 is 5.73 Å². The molecule has 16 heavy (non-hydrogen) atoms. The average molecular weight is 224 g/mol. The molecule has 3 fully saturated rings. The molecule has 3 heteroatoms. The molecule has 0 radical (unpaired) electrons. The highest BCUT2D eigenvalue weighted by atomic mass is 16.5. The van der Waals surface area contributed by atoms with Gasteiger partial charge in [-0.05, 0) is 51.6 Å². The van der Waals surface area contributed by atoms with Crippen LogP contribution in [-0.4, -0.2) is 43.3 Å². The summed E-state index contributed by atoms with van der Waals surface area (Å²) in [5, 5.41) is 0. The van der Waals surface area contributed by atoms with Gasteiger partial charge in [0, 0.05) is 17.5 Å². The first kappa shape index (κ1) is 11.0. The Bertz CT molecular complexity index is 234. The van der Waals surface area contributed by atoms with E-state index in [1.54, 1.807) is 0 Å². The van der Waals surface area contributed by atoms with Crippen LogP contribution in [0.5, 0.6) is 0 Å². The molecule has 1 aliphatic carbocycles. The zero-order valence-electron chi connectivity index (χ0n) is 10.2. The van der Waals surface area contributed by atoms with Gasteiger partial charge in [-0.2, -0.15) is 0 Å². The van der Waals surface area contributed by atoms with Gasteiger partial charge in [0.15, 0.2) is 0 Å². The van der Waals surface area contributed by atoms with Crippen molar-refractivity contribution in [3.05, 3.63) is 0 Å². The smallest absolute Gasteiger partial charge is 0.0545 e. The van der Waals surface area contributed by atoms with Gasteiger partial charge in [-0.3, -0.25) is 0 Å². The third kappa shape index (κ3) is 2.01. The van der Waals surface area contributed by atoms with E-state index in [-0.39, 0.29) is 0 Å². The van der Waals surface area contributed by atoms with Crippen molar-refractivity contribution in [3.63, 3.8) is 0 Å². The molecule has 0 aromatic carbocycles. The molecule has 2 aliphatic heterocycles. The number of hydrogen-bond donors (Lipinski definition) is 1. The van der Waals surface area contributed by atoms with E-state index in [4.69, 9.17) is 10.5 Å². The highest BCUT2D eigenvalue weighted by Crippen LogP contribution is 2.39. The average Bonchev–Trinajstić information content (AvgIpc) is 2.28. The molecule has 92 valence electrons. The Hall–Kier alpha value is -0.120. The molecule has 0 bridgehead atoms. The minimum absolute atomic E-state index is 0.479. The first-order valence-corrected chi connectivity index (χ1v) is 6.85. The van der Waals surface area contributed by atoms with Gasteiger partial charge in [0.25, 0.3) is 0 Å². The molecule has 0 aromatic heterocycles. The van der Waals surface area contributed by atoms with Gasteiger partial charge in [0.05, 0.1) is 13.2 Å². The summed E-state index contributed by atoms with van der Waals surface area (Å²) in [6.45, 7) is 4.64. The minimum Gasteiger partial charge on any atom is -0.380 e. The second-order valence-corrected chi connectivity index (χ2v) is 6.10. The number of ether oxygens (including phenoxy) is 1. The van der Waals surface area contributed by atoms with Crippen LogP contribution in [0, 0.1) is 5.41 Å². The Morgan fingerprint density at radius 1 is 1.00 bits per heavy atom. The van der Waals surface area contributed by atoms with Crippen LogP contribution >= 0.6 is 0 Å². The number of rotatable bonds is 1. The molecule has 3 nitrogen and oxygen atoms in total. The fourth-order valence-corrected chi connectivity index (χ4v) is 3.51. The molecule has 0 unspecified atom stereocenters. The summed E-state index contributed by atoms with van der Waals surface area (Å²) in [6, 6.07) is 1.31. The number of piperidine rings is 1. The highest BCUT2D eigenvalue weighted by Gasteiger charge is 2.42. The Morgan fingerprint density at radius 3 is 2.12 bits per heavy atom. The molecule has 2 N–H and O–H groups in total. The lowest BCUT2D eigenvalue weighted by Gasteiger charge is -2.49. The zero-order valence-corrected chi connectivity index (χ0v) is 10.2. The maximum absolute atomic E-state index is 5.97. The van der Waals surface area contributed by atoms with Crippen molar-refractivity contribution in [1.82, 2.24) is 4.90 Å². The van der Waals surface area contributed by atoms with E-state index in [1.165, 1.54) is 51.6 Å². The van der Waals surface area contributed by atoms with Crippen LogP contribution in [0.4, 0.5) is 0 Å². The molecule has 2 saturated heterocycles. The summed E-state index contributed by atoms with van der Waals surface area (Å²) in [5.74, 6) is 0. The van der Waals surface area contributed by atoms with Crippen molar-refractivity contribution in [3.8, 4) is 0 Å². The van der Waals surface area contributed by atoms with Crippen LogP contribution in [0.2, 0.25) is 0 Å². The predicted octanol–water partition coefficient (Wildman–Crippen LogP) is 1.37. The summed E-state index contributed by atoms with van der Waals surface area (Å²) in [5.41, 5.74) is 6.55. The first-order valence-electron chi connectivity index (χ1n) is 6.85. The van der Waals surface area contributed by atoms with Crippen LogP contribution in [0.3, 0.4) is 0 Å². The lowest BCUT2D eigenvalue weighted by atomic mass is 9.76. The van der Waals surface area contributed by atoms with Crippen LogP contribution in [0.15, 0.2) is 0 Å². The number of likely N-dealkylation sites (tertiary alicyclic amines) is 1. The maximum atomic E-state index is 5.97. The topological polar surface area (TPSA) is 38.5 Å². The van der Waals surface area contributed by atoms with Crippen molar-refractivity contribution in [1.29, 1.82) is 0 Å². The van der Waals surface area contributed by atoms with Crippen molar-refractivity contribution in [2.24, 2.45) is 11.1 Å². The monoisotopic (exact) mass is 224 g/mol. The molecule has 3 aliphatic rings. The Kier molecular flexibility index (Phi) is 2.94. The van der Waals surface area contributed by atoms with E-state index >= 15 is 0 Å². The van der Waals surface area contributed by atoms with Gasteiger partial charge in [-0.15, -0.1) is 0 Å². The molecule has 1 saturated carbocycles. The first-order chi connectivity index (χ1) is 7.77. The second kappa shape index (κ2) is 4.28. The normalized spacial score (nSPS) is 39.6. The summed E-state index contributed by atoms with van der Waals surface area (Å²) >= 11 is 0. The number of hydrogen-bond acceptors (Lipinski definition) is 3. The predicted molar refractivity (Wildman–Crippen MR) is 64.3 cm³/mol. The molecule has 2 heterocycles. The van der Waals surface area contributed by atoms with E-state index in [1.807, 2.05) is 0 Å². The fourth-order valence-electron chi connectivity index (χ4n) is 3.51. The van der Waals surface area contributed by atoms with Crippen molar-refractivity contribution in [2.45, 2.75) is 50.6 Å². The molecule has 0 amide bonds. The third-order valence-corrected chi connectivity index (χ3v) is 4.93. The fraction of sp³-hybridized carbons (Fsp3) is 1.00. The van der Waals surface area contributed by atoms with Gasteiger partial charge in [-0.25, -0.2) is 0 Å². The Morgan fingerprint density at radius 2 is 1.62 bits per heavy atom. The van der Waals surface area contributed by atoms with Crippen molar-refractivity contribution in [2.75, 3.05) is 26.3 Å². The molecule has 0 atom stereocenters. The largest absolute Gasteiger partial charge is 0.380 e. The molecule has 1 spiro atoms. The molecular weight excluding hydrogens is 200 g/mol. The van der Waals surface area contributed by atoms with Crippen molar-refractivity contribution < 1.29 is 4.74 Å². The second-order valence-electron chi connectivity index (χ2n) is 6.10. The van der Waals surface area contributed by atoms with E-state index in [0.717, 1.165) is 19.3 Å². The van der Waals surface area contributed by atoms with Crippen LogP contribution in [-0.2, 0) is 4.74 Å². The van der Waals surface area contributed by atoms with Gasteiger partial charge in [-0.1, -0.05) is 0 Å². The standard InChI is InChI=1S/C13H24N2O/c14-11-1-3-12(4-2-11)15-7-5-13(6-8-15)9-16-10-13/h11-12H,1-10,14H2. The van der Waals surface area contributed by atoms with Crippen LogP contribution in [0.1, 0.15) is 38.5 Å². The minimum atomic E-state index is 0.479. The summed E-state index contributed by atoms with van der Waals surface area (Å²) in [6.07, 6.45) is 7.82. The highest BCUT2D eigenvalue weighted by molar-refractivity contribution is 4.93. The zero-order chi connectivity index (χ0) is 11.0. The molecular formula is C13H24N2O. The SMILES string of the molecule is NC1CCC(N2CCC3(CC2)COC3)CC1. The number of nitrogens with two attached hydrogens (primary N) is 1. The van der Waals surface area contributed by atoms with Crippen LogP contribution in [0.25, 0.3) is 0 Å². The Balaban J connectivity index is 1.50. The van der Waals surface area contributed by atoms with E-state index < -0.39 is 0 Å². The lowest BCUT2D eigenvalue weighted by Crippen LogP contribution is -2.53. The van der Waals surface area contributed by atoms with Gasteiger partial charge in [0.2, 0.25) is 0 Å². The summed E-state index contributed by atoms with van der Waals surface area (Å²) < 4.78 is 5.38. The Labute approximate surface area is 98.3 Å². The van der Waals surface area contributed by atoms with E-state index in [2.05, 4.69) is 4.90 Å². The van der Waals surface area contributed by atoms with E-state index in [9.17, 15) is 0 Å². The van der Waals surface area contributed by atoms with Gasteiger partial charge in [0.1, 0.15) is 0 Å². The lowest BCUT2D eigenvalue weighted by molar-refractivity contribution is -0.143. The van der Waals surface area contributed by atoms with Gasteiger partial charge < -0.3 is 15.4 Å². The molecule has 3 rings (SSSR count).